The molecule has 0 bridgehead atoms. The number of amides is 2. The van der Waals surface area contributed by atoms with Crippen molar-refractivity contribution in [2.24, 2.45) is 0 Å². The Kier molecular flexibility index (Phi) is 7.65. The monoisotopic (exact) mass is 542 g/mol. The molecule has 10 heteroatoms. The SMILES string of the molecule is COc1cccc(Nc2cc3nccc(Oc4ccc(NC(=O)CC(=O)Nc5ccccc5)cc4F)c3s2)c1. The molecule has 0 fully saturated rings. The van der Waals surface area contributed by atoms with Crippen LogP contribution in [0, 0.1) is 5.82 Å². The molecule has 196 valence electrons. The highest BCUT2D eigenvalue weighted by Gasteiger charge is 2.15. The van der Waals surface area contributed by atoms with Crippen molar-refractivity contribution >= 4 is 55.4 Å². The number of ether oxygens (including phenoxy) is 2. The Balaban J connectivity index is 1.25. The molecular weight excluding hydrogens is 519 g/mol. The van der Waals surface area contributed by atoms with Crippen LogP contribution >= 0.6 is 11.3 Å². The summed E-state index contributed by atoms with van der Waals surface area (Å²) in [6, 6.07) is 24.0. The predicted octanol–water partition coefficient (Wildman–Crippen LogP) is 6.95. The van der Waals surface area contributed by atoms with E-state index in [-0.39, 0.29) is 11.4 Å². The normalized spacial score (nSPS) is 10.6. The van der Waals surface area contributed by atoms with Crippen molar-refractivity contribution < 1.29 is 23.5 Å². The lowest BCUT2D eigenvalue weighted by Crippen LogP contribution is -2.21. The van der Waals surface area contributed by atoms with E-state index in [0.29, 0.717) is 17.0 Å². The van der Waals surface area contributed by atoms with Gasteiger partial charge in [0.15, 0.2) is 11.6 Å². The van der Waals surface area contributed by atoms with Crippen LogP contribution in [0.1, 0.15) is 6.42 Å². The van der Waals surface area contributed by atoms with Gasteiger partial charge in [-0.05, 0) is 42.5 Å². The van der Waals surface area contributed by atoms with Crippen LogP contribution in [-0.2, 0) is 9.59 Å². The molecule has 2 aromatic heterocycles. The van der Waals surface area contributed by atoms with E-state index < -0.39 is 24.1 Å². The molecule has 3 aromatic carbocycles. The summed E-state index contributed by atoms with van der Waals surface area (Å²) in [4.78, 5) is 28.8. The number of carbonyl (C=O) groups is 2. The zero-order valence-corrected chi connectivity index (χ0v) is 21.6. The molecule has 0 aliphatic rings. The van der Waals surface area contributed by atoms with Crippen LogP contribution in [-0.4, -0.2) is 23.9 Å². The van der Waals surface area contributed by atoms with Gasteiger partial charge >= 0.3 is 0 Å². The molecule has 0 radical (unpaired) electrons. The lowest BCUT2D eigenvalue weighted by Gasteiger charge is -2.10. The van der Waals surface area contributed by atoms with Crippen molar-refractivity contribution in [3.8, 4) is 17.2 Å². The molecule has 0 spiro atoms. The summed E-state index contributed by atoms with van der Waals surface area (Å²) < 4.78 is 26.8. The average molecular weight is 543 g/mol. The fourth-order valence-electron chi connectivity index (χ4n) is 3.76. The van der Waals surface area contributed by atoms with Crippen LogP contribution in [0.3, 0.4) is 0 Å². The van der Waals surface area contributed by atoms with Gasteiger partial charge < -0.3 is 25.4 Å². The smallest absolute Gasteiger partial charge is 0.233 e. The van der Waals surface area contributed by atoms with Gasteiger partial charge in [0.2, 0.25) is 11.8 Å². The minimum atomic E-state index is -0.669. The van der Waals surface area contributed by atoms with Crippen molar-refractivity contribution in [1.82, 2.24) is 4.98 Å². The van der Waals surface area contributed by atoms with Crippen molar-refractivity contribution in [1.29, 1.82) is 0 Å². The number of methoxy groups -OCH3 is 1. The number of thiophene rings is 1. The third-order valence-electron chi connectivity index (χ3n) is 5.53. The van der Waals surface area contributed by atoms with E-state index in [1.807, 2.05) is 36.4 Å². The number of aromatic nitrogens is 1. The number of nitrogens with zero attached hydrogens (tertiary/aromatic N) is 1. The van der Waals surface area contributed by atoms with Crippen LogP contribution in [0.2, 0.25) is 0 Å². The lowest BCUT2D eigenvalue weighted by molar-refractivity contribution is -0.123. The number of anilines is 4. The van der Waals surface area contributed by atoms with Crippen molar-refractivity contribution in [2.75, 3.05) is 23.1 Å². The van der Waals surface area contributed by atoms with E-state index in [2.05, 4.69) is 20.9 Å². The molecule has 0 unspecified atom stereocenters. The van der Waals surface area contributed by atoms with Crippen molar-refractivity contribution in [2.45, 2.75) is 6.42 Å². The number of nitrogens with one attached hydrogen (secondary N) is 3. The van der Waals surface area contributed by atoms with Crippen LogP contribution in [0.4, 0.5) is 26.5 Å². The highest BCUT2D eigenvalue weighted by molar-refractivity contribution is 7.23. The minimum absolute atomic E-state index is 0.0157. The van der Waals surface area contributed by atoms with Gasteiger partial charge in [-0.25, -0.2) is 4.39 Å². The number of pyridine rings is 1. The topological polar surface area (TPSA) is 102 Å². The molecule has 2 heterocycles. The molecular formula is C29H23FN4O4S. The highest BCUT2D eigenvalue weighted by Crippen LogP contribution is 2.39. The lowest BCUT2D eigenvalue weighted by atomic mass is 10.2. The quantitative estimate of drug-likeness (QED) is 0.174. The number of rotatable bonds is 9. The number of para-hydroxylation sites is 1. The van der Waals surface area contributed by atoms with Gasteiger partial charge in [0.1, 0.15) is 17.9 Å². The zero-order chi connectivity index (χ0) is 27.2. The third kappa shape index (κ3) is 6.49. The van der Waals surface area contributed by atoms with E-state index in [0.717, 1.165) is 27.2 Å². The Labute approximate surface area is 227 Å². The Morgan fingerprint density at radius 1 is 0.846 bits per heavy atom. The molecule has 3 N–H and O–H groups in total. The summed E-state index contributed by atoms with van der Waals surface area (Å²) in [7, 11) is 1.61. The van der Waals surface area contributed by atoms with Gasteiger partial charge in [-0.15, -0.1) is 11.3 Å². The summed E-state index contributed by atoms with van der Waals surface area (Å²) >= 11 is 1.42. The molecule has 0 saturated carbocycles. The molecule has 5 rings (SSSR count). The summed E-state index contributed by atoms with van der Waals surface area (Å²) in [5, 5.41) is 9.32. The summed E-state index contributed by atoms with van der Waals surface area (Å²) in [6.45, 7) is 0. The summed E-state index contributed by atoms with van der Waals surface area (Å²) in [6.07, 6.45) is 1.18. The highest BCUT2D eigenvalue weighted by atomic mass is 32.1. The summed E-state index contributed by atoms with van der Waals surface area (Å²) in [5.74, 6) is -0.555. The molecule has 39 heavy (non-hydrogen) atoms. The van der Waals surface area contributed by atoms with E-state index in [4.69, 9.17) is 9.47 Å². The van der Waals surface area contributed by atoms with Gasteiger partial charge in [-0.3, -0.25) is 14.6 Å². The van der Waals surface area contributed by atoms with E-state index in [1.54, 1.807) is 43.6 Å². The Bertz CT molecular complexity index is 1640. The van der Waals surface area contributed by atoms with E-state index in [9.17, 15) is 14.0 Å². The van der Waals surface area contributed by atoms with Crippen LogP contribution in [0.25, 0.3) is 10.2 Å². The first kappa shape index (κ1) is 25.7. The maximum atomic E-state index is 14.9. The second kappa shape index (κ2) is 11.6. The largest absolute Gasteiger partial charge is 0.497 e. The second-order valence-electron chi connectivity index (χ2n) is 8.38. The first-order chi connectivity index (χ1) is 19.0. The average Bonchev–Trinajstić information content (AvgIpc) is 3.34. The van der Waals surface area contributed by atoms with E-state index >= 15 is 0 Å². The molecule has 8 nitrogen and oxygen atoms in total. The van der Waals surface area contributed by atoms with Crippen LogP contribution < -0.4 is 25.4 Å². The molecule has 0 aliphatic heterocycles. The van der Waals surface area contributed by atoms with Crippen molar-refractivity contribution in [3.63, 3.8) is 0 Å². The number of carbonyl (C=O) groups excluding carboxylic acids is 2. The van der Waals surface area contributed by atoms with Crippen LogP contribution in [0.15, 0.2) is 91.1 Å². The maximum Gasteiger partial charge on any atom is 0.233 e. The van der Waals surface area contributed by atoms with Gasteiger partial charge in [-0.1, -0.05) is 24.3 Å². The fourth-order valence-corrected chi connectivity index (χ4v) is 4.74. The number of benzene rings is 3. The molecule has 0 atom stereocenters. The second-order valence-corrected chi connectivity index (χ2v) is 9.43. The molecule has 0 aliphatic carbocycles. The standard InChI is InChI=1S/C29H23FN4O4S/c1-37-21-9-5-8-19(14-21)34-28-16-23-29(39-28)25(12-13-31-23)38-24-11-10-20(15-22(24)30)33-27(36)17-26(35)32-18-6-3-2-4-7-18/h2-16,34H,17H2,1H3,(H,32,35)(H,33,36). The van der Waals surface area contributed by atoms with Gasteiger partial charge in [-0.2, -0.15) is 0 Å². The fraction of sp³-hybridized carbons (Fsp3) is 0.0690. The number of fused-ring (bicyclic) bond motifs is 1. The Hall–Kier alpha value is -4.96. The predicted molar refractivity (Wildman–Crippen MR) is 151 cm³/mol. The first-order valence-corrected chi connectivity index (χ1v) is 12.7. The third-order valence-corrected chi connectivity index (χ3v) is 6.58. The van der Waals surface area contributed by atoms with Gasteiger partial charge in [0.25, 0.3) is 0 Å². The summed E-state index contributed by atoms with van der Waals surface area (Å²) in [5.41, 5.74) is 2.34. The van der Waals surface area contributed by atoms with Gasteiger partial charge in [0, 0.05) is 41.5 Å². The van der Waals surface area contributed by atoms with Gasteiger partial charge in [0.05, 0.1) is 22.3 Å². The first-order valence-electron chi connectivity index (χ1n) is 11.9. The number of hydrogen-bond acceptors (Lipinski definition) is 7. The molecule has 0 saturated heterocycles. The number of hydrogen-bond donors (Lipinski definition) is 3. The van der Waals surface area contributed by atoms with E-state index in [1.165, 1.54) is 23.5 Å². The Morgan fingerprint density at radius 3 is 2.38 bits per heavy atom. The Morgan fingerprint density at radius 2 is 1.62 bits per heavy atom. The maximum absolute atomic E-state index is 14.9. The van der Waals surface area contributed by atoms with Crippen LogP contribution in [0.5, 0.6) is 17.2 Å². The minimum Gasteiger partial charge on any atom is -0.497 e. The molecule has 2 amide bonds. The van der Waals surface area contributed by atoms with Crippen molar-refractivity contribution in [3.05, 3.63) is 96.9 Å². The number of halogens is 1. The zero-order valence-electron chi connectivity index (χ0n) is 20.7. The molecule has 5 aromatic rings.